The zero-order valence-electron chi connectivity index (χ0n) is 18.5. The molecule has 166 valence electrons. The predicted molar refractivity (Wildman–Crippen MR) is 120 cm³/mol. The third-order valence-corrected chi connectivity index (χ3v) is 10.2. The van der Waals surface area contributed by atoms with Crippen molar-refractivity contribution >= 4 is 20.0 Å². The first-order chi connectivity index (χ1) is 14.5. The van der Waals surface area contributed by atoms with Crippen LogP contribution in [0.4, 0.5) is 5.82 Å². The number of nitrogens with one attached hydrogen (secondary N) is 1. The molecule has 2 atom stereocenters. The maximum atomic E-state index is 12.7. The van der Waals surface area contributed by atoms with E-state index in [1.807, 2.05) is 6.07 Å². The Kier molecular flexibility index (Phi) is 6.49. The van der Waals surface area contributed by atoms with Gasteiger partial charge in [-0.2, -0.15) is 4.98 Å². The monoisotopic (exact) mass is 443 g/mol. The van der Waals surface area contributed by atoms with E-state index in [9.17, 15) is 14.7 Å². The molecule has 2 aromatic rings. The van der Waals surface area contributed by atoms with Gasteiger partial charge in [0.15, 0.2) is 8.32 Å². The van der Waals surface area contributed by atoms with E-state index in [1.54, 1.807) is 30.3 Å². The van der Waals surface area contributed by atoms with Crippen molar-refractivity contribution in [1.29, 1.82) is 0 Å². The lowest BCUT2D eigenvalue weighted by atomic mass is 10.2. The van der Waals surface area contributed by atoms with Gasteiger partial charge in [-0.15, -0.1) is 0 Å². The average Bonchev–Trinajstić information content (AvgIpc) is 3.10. The van der Waals surface area contributed by atoms with Crippen LogP contribution in [-0.2, 0) is 9.16 Å². The second kappa shape index (κ2) is 8.78. The lowest BCUT2D eigenvalue weighted by Crippen LogP contribution is -2.46. The van der Waals surface area contributed by atoms with Crippen molar-refractivity contribution in [2.24, 2.45) is 0 Å². The van der Waals surface area contributed by atoms with Crippen molar-refractivity contribution in [2.75, 3.05) is 11.9 Å². The number of carbonyl (C=O) groups excluding carboxylic acids is 1. The average molecular weight is 444 g/mol. The number of hydrogen-bond donors (Lipinski definition) is 2. The molecule has 3 rings (SSSR count). The Bertz CT molecular complexity index is 1030. The summed E-state index contributed by atoms with van der Waals surface area (Å²) in [4.78, 5) is 29.0. The van der Waals surface area contributed by atoms with Crippen molar-refractivity contribution in [1.82, 2.24) is 9.55 Å². The normalized spacial score (nSPS) is 19.0. The maximum absolute atomic E-state index is 12.7. The molecule has 1 aromatic heterocycles. The van der Waals surface area contributed by atoms with Gasteiger partial charge in [0.2, 0.25) is 6.23 Å². The van der Waals surface area contributed by atoms with Crippen LogP contribution in [0.15, 0.2) is 59.2 Å². The zero-order valence-corrected chi connectivity index (χ0v) is 19.5. The number of aromatic nitrogens is 2. The van der Waals surface area contributed by atoms with E-state index < -0.39 is 26.3 Å². The number of rotatable bonds is 6. The predicted octanol–water partition coefficient (Wildman–Crippen LogP) is 3.29. The van der Waals surface area contributed by atoms with Crippen LogP contribution in [-0.4, -0.2) is 41.6 Å². The molecule has 0 saturated heterocycles. The van der Waals surface area contributed by atoms with Crippen LogP contribution in [0, 0.1) is 0 Å². The van der Waals surface area contributed by atoms with Crippen LogP contribution >= 0.6 is 0 Å². The molecule has 0 aliphatic carbocycles. The number of anilines is 1. The third kappa shape index (κ3) is 5.12. The summed E-state index contributed by atoms with van der Waals surface area (Å²) in [5, 5.41) is 12.1. The van der Waals surface area contributed by atoms with Gasteiger partial charge in [0.1, 0.15) is 24.3 Å². The Morgan fingerprint density at radius 2 is 1.94 bits per heavy atom. The van der Waals surface area contributed by atoms with E-state index in [4.69, 9.17) is 9.16 Å². The Morgan fingerprint density at radius 1 is 1.26 bits per heavy atom. The van der Waals surface area contributed by atoms with E-state index in [0.717, 1.165) is 0 Å². The van der Waals surface area contributed by atoms with Crippen molar-refractivity contribution in [3.8, 4) is 0 Å². The van der Waals surface area contributed by atoms with E-state index >= 15 is 0 Å². The number of nitrogens with zero attached hydrogens (tertiary/aromatic N) is 2. The first-order valence-electron chi connectivity index (χ1n) is 10.1. The molecule has 8 nitrogen and oxygen atoms in total. The van der Waals surface area contributed by atoms with Crippen LogP contribution in [0.1, 0.15) is 37.4 Å². The smallest absolute Gasteiger partial charge is 0.352 e. The summed E-state index contributed by atoms with van der Waals surface area (Å²) in [6, 6.07) is 10.2. The molecule has 2 heterocycles. The minimum Gasteiger partial charge on any atom is -0.469 e. The minimum absolute atomic E-state index is 0.0395. The van der Waals surface area contributed by atoms with Gasteiger partial charge in [0.25, 0.3) is 5.91 Å². The first-order valence-corrected chi connectivity index (χ1v) is 13.0. The van der Waals surface area contributed by atoms with Crippen LogP contribution in [0.3, 0.4) is 0 Å². The lowest BCUT2D eigenvalue weighted by molar-refractivity contribution is -0.00540. The number of aliphatic hydroxyl groups excluding tert-OH is 1. The summed E-state index contributed by atoms with van der Waals surface area (Å²) in [6.45, 7) is 10.3. The molecule has 0 saturated carbocycles. The van der Waals surface area contributed by atoms with Crippen LogP contribution in [0.2, 0.25) is 18.1 Å². The fourth-order valence-corrected chi connectivity index (χ4v) is 4.11. The molecule has 1 amide bonds. The van der Waals surface area contributed by atoms with Gasteiger partial charge in [0.05, 0.1) is 0 Å². The van der Waals surface area contributed by atoms with Gasteiger partial charge in [-0.3, -0.25) is 9.36 Å². The van der Waals surface area contributed by atoms with Crippen molar-refractivity contribution in [3.63, 3.8) is 0 Å². The highest BCUT2D eigenvalue weighted by Crippen LogP contribution is 2.40. The fourth-order valence-electron chi connectivity index (χ4n) is 2.90. The fraction of sp³-hybridized carbons (Fsp3) is 0.409. The SMILES string of the molecule is CC(C)(C)[Si](C)(C)O[C@@H]1C=C(CO)O[C@H]1n1ccc(NC(=O)c2ccccc2)nc1=O. The topological polar surface area (TPSA) is 103 Å². The maximum Gasteiger partial charge on any atom is 0.352 e. The Morgan fingerprint density at radius 3 is 2.52 bits per heavy atom. The highest BCUT2D eigenvalue weighted by Gasteiger charge is 2.43. The molecule has 0 spiro atoms. The van der Waals surface area contributed by atoms with E-state index in [2.05, 4.69) is 44.2 Å². The Labute approximate surface area is 182 Å². The van der Waals surface area contributed by atoms with Gasteiger partial charge in [0, 0.05) is 11.8 Å². The summed E-state index contributed by atoms with van der Waals surface area (Å²) >= 11 is 0. The molecular formula is C22H29N3O5Si. The number of benzene rings is 1. The second-order valence-corrected chi connectivity index (χ2v) is 13.7. The molecule has 1 aliphatic rings. The molecule has 1 aromatic carbocycles. The quantitative estimate of drug-likeness (QED) is 0.664. The molecule has 2 N–H and O–H groups in total. The molecule has 0 radical (unpaired) electrons. The number of hydrogen-bond acceptors (Lipinski definition) is 6. The third-order valence-electron chi connectivity index (χ3n) is 5.68. The molecule has 1 aliphatic heterocycles. The number of carbonyl (C=O) groups is 1. The Balaban J connectivity index is 1.82. The standard InChI is InChI=1S/C22H29N3O5Si/c1-22(2,3)31(4,5)30-17-13-16(14-26)29-20(17)25-12-11-18(24-21(25)28)23-19(27)15-9-7-6-8-10-15/h6-13,17,20,26H,14H2,1-5H3,(H,23,24,27,28)/t17-,20-/m1/s1. The second-order valence-electron chi connectivity index (χ2n) is 8.97. The van der Waals surface area contributed by atoms with Gasteiger partial charge < -0.3 is 19.6 Å². The van der Waals surface area contributed by atoms with E-state index in [0.29, 0.717) is 11.3 Å². The van der Waals surface area contributed by atoms with E-state index in [1.165, 1.54) is 16.8 Å². The largest absolute Gasteiger partial charge is 0.469 e. The van der Waals surface area contributed by atoms with Crippen molar-refractivity contribution in [3.05, 3.63) is 70.5 Å². The summed E-state index contributed by atoms with van der Waals surface area (Å²) in [6.07, 6.45) is 1.90. The molecule has 0 bridgehead atoms. The summed E-state index contributed by atoms with van der Waals surface area (Å²) in [7, 11) is -2.17. The number of amides is 1. The Hall–Kier alpha value is -2.75. The first kappa shape index (κ1) is 22.9. The van der Waals surface area contributed by atoms with Crippen LogP contribution in [0.25, 0.3) is 0 Å². The zero-order chi connectivity index (χ0) is 22.8. The minimum atomic E-state index is -2.17. The van der Waals surface area contributed by atoms with Gasteiger partial charge in [-0.05, 0) is 42.4 Å². The van der Waals surface area contributed by atoms with Gasteiger partial charge in [-0.25, -0.2) is 4.79 Å². The molecule has 0 fully saturated rings. The summed E-state index contributed by atoms with van der Waals surface area (Å²) in [5.74, 6) is 0.137. The van der Waals surface area contributed by atoms with Gasteiger partial charge in [-0.1, -0.05) is 39.0 Å². The molecule has 31 heavy (non-hydrogen) atoms. The van der Waals surface area contributed by atoms with Crippen molar-refractivity contribution in [2.45, 2.75) is 51.2 Å². The van der Waals surface area contributed by atoms with Crippen LogP contribution < -0.4 is 11.0 Å². The van der Waals surface area contributed by atoms with E-state index in [-0.39, 0.29) is 23.4 Å². The highest BCUT2D eigenvalue weighted by molar-refractivity contribution is 6.74. The summed E-state index contributed by atoms with van der Waals surface area (Å²) < 4.78 is 13.5. The molecule has 0 unspecified atom stereocenters. The molecular weight excluding hydrogens is 414 g/mol. The molecule has 9 heteroatoms. The van der Waals surface area contributed by atoms with Gasteiger partial charge >= 0.3 is 5.69 Å². The number of ether oxygens (including phenoxy) is 1. The number of aliphatic hydroxyl groups is 1. The highest BCUT2D eigenvalue weighted by atomic mass is 28.4. The van der Waals surface area contributed by atoms with Crippen molar-refractivity contribution < 1.29 is 19.1 Å². The van der Waals surface area contributed by atoms with Crippen LogP contribution in [0.5, 0.6) is 0 Å². The summed E-state index contributed by atoms with van der Waals surface area (Å²) in [5.41, 5.74) is -0.125. The lowest BCUT2D eigenvalue weighted by Gasteiger charge is -2.39.